The number of ether oxygens (including phenoxy) is 2. The first-order chi connectivity index (χ1) is 13.5. The van der Waals surface area contributed by atoms with Crippen LogP contribution < -0.4 is 0 Å². The first-order valence-electron chi connectivity index (χ1n) is 8.64. The van der Waals surface area contributed by atoms with Gasteiger partial charge in [-0.1, -0.05) is 24.0 Å². The average Bonchev–Trinajstić information content (AvgIpc) is 2.72. The quantitative estimate of drug-likeness (QED) is 0.337. The Labute approximate surface area is 164 Å². The second-order valence-corrected chi connectivity index (χ2v) is 5.97. The highest BCUT2D eigenvalue weighted by atomic mass is 19.1. The molecule has 0 fully saturated rings. The van der Waals surface area contributed by atoms with Gasteiger partial charge in [0.1, 0.15) is 12.4 Å². The monoisotopic (exact) mass is 379 g/mol. The molecule has 0 unspecified atom stereocenters. The predicted octanol–water partition coefficient (Wildman–Crippen LogP) is 4.29. The molecule has 2 rings (SSSR count). The van der Waals surface area contributed by atoms with Gasteiger partial charge in [-0.05, 0) is 49.2 Å². The van der Waals surface area contributed by atoms with Crippen LogP contribution in [0, 0.1) is 17.7 Å². The summed E-state index contributed by atoms with van der Waals surface area (Å²) < 4.78 is 23.5. The minimum atomic E-state index is -0.455. The zero-order valence-corrected chi connectivity index (χ0v) is 16.4. The van der Waals surface area contributed by atoms with Crippen LogP contribution in [-0.2, 0) is 14.3 Å². The average molecular weight is 379 g/mol. The van der Waals surface area contributed by atoms with E-state index in [-0.39, 0.29) is 12.4 Å². The molecule has 4 nitrogen and oxygen atoms in total. The van der Waals surface area contributed by atoms with Crippen LogP contribution in [0.25, 0.3) is 11.1 Å². The third-order valence-corrected chi connectivity index (χ3v) is 4.09. The van der Waals surface area contributed by atoms with Crippen LogP contribution in [0.5, 0.6) is 0 Å². The Bertz CT molecular complexity index is 949. The maximum absolute atomic E-state index is 13.5. The molecule has 2 aromatic rings. The molecule has 1 aromatic carbocycles. The van der Waals surface area contributed by atoms with Crippen molar-refractivity contribution < 1.29 is 18.7 Å². The number of methoxy groups -OCH3 is 2. The van der Waals surface area contributed by atoms with E-state index in [4.69, 9.17) is 9.47 Å². The molecule has 144 valence electrons. The zero-order valence-electron chi connectivity index (χ0n) is 16.4. The Morgan fingerprint density at radius 3 is 2.18 bits per heavy atom. The predicted molar refractivity (Wildman–Crippen MR) is 107 cm³/mol. The smallest absolute Gasteiger partial charge is 0.334 e. The van der Waals surface area contributed by atoms with Gasteiger partial charge in [0.2, 0.25) is 0 Å². The Balaban J connectivity index is 2.83. The van der Waals surface area contributed by atoms with Gasteiger partial charge in [-0.3, -0.25) is 4.98 Å². The number of nitrogens with zero attached hydrogens (tertiary/aromatic N) is 1. The van der Waals surface area contributed by atoms with E-state index in [1.165, 1.54) is 19.2 Å². The van der Waals surface area contributed by atoms with Gasteiger partial charge < -0.3 is 9.47 Å². The highest BCUT2D eigenvalue weighted by Gasteiger charge is 2.20. The van der Waals surface area contributed by atoms with Gasteiger partial charge in [-0.25, -0.2) is 9.18 Å². The van der Waals surface area contributed by atoms with Gasteiger partial charge in [0.05, 0.1) is 7.11 Å². The molecular weight excluding hydrogens is 357 g/mol. The molecule has 0 atom stereocenters. The summed E-state index contributed by atoms with van der Waals surface area (Å²) in [5.74, 6) is 5.20. The number of rotatable bonds is 5. The molecule has 0 amide bonds. The number of benzene rings is 1. The van der Waals surface area contributed by atoms with Crippen LogP contribution in [-0.4, -0.2) is 31.8 Å². The molecule has 0 N–H and O–H groups in total. The number of hydrogen-bond acceptors (Lipinski definition) is 4. The fraction of sp³-hybridized carbons (Fsp3) is 0.217. The molecule has 1 aromatic heterocycles. The molecule has 0 saturated heterocycles. The Kier molecular flexibility index (Phi) is 7.67. The number of esters is 1. The number of hydrogen-bond donors (Lipinski definition) is 0. The van der Waals surface area contributed by atoms with E-state index in [1.54, 1.807) is 50.7 Å². The number of aromatic nitrogens is 1. The van der Waals surface area contributed by atoms with Crippen molar-refractivity contribution in [3.05, 3.63) is 76.9 Å². The van der Waals surface area contributed by atoms with E-state index in [2.05, 4.69) is 16.8 Å². The summed E-state index contributed by atoms with van der Waals surface area (Å²) in [7, 11) is 2.90. The number of allylic oxidation sites excluding steroid dienone is 3. The summed E-state index contributed by atoms with van der Waals surface area (Å²) in [5.41, 5.74) is 4.04. The number of carbonyl (C=O) groups is 1. The second-order valence-electron chi connectivity index (χ2n) is 5.97. The van der Waals surface area contributed by atoms with Crippen molar-refractivity contribution in [1.82, 2.24) is 4.98 Å². The molecule has 0 aliphatic heterocycles. The summed E-state index contributed by atoms with van der Waals surface area (Å²) in [6, 6.07) is 9.70. The summed E-state index contributed by atoms with van der Waals surface area (Å²) in [6.45, 7) is 3.83. The molecule has 0 aliphatic rings. The fourth-order valence-corrected chi connectivity index (χ4v) is 2.79. The van der Waals surface area contributed by atoms with Crippen molar-refractivity contribution in [2.75, 3.05) is 20.8 Å². The molecule has 0 radical (unpaired) electrons. The number of halogens is 1. The summed E-state index contributed by atoms with van der Waals surface area (Å²) >= 11 is 0. The van der Waals surface area contributed by atoms with E-state index < -0.39 is 5.97 Å². The maximum Gasteiger partial charge on any atom is 0.334 e. The van der Waals surface area contributed by atoms with Crippen LogP contribution in [0.4, 0.5) is 4.39 Å². The summed E-state index contributed by atoms with van der Waals surface area (Å²) in [6.07, 6.45) is 3.29. The van der Waals surface area contributed by atoms with E-state index in [0.29, 0.717) is 11.1 Å². The van der Waals surface area contributed by atoms with Crippen molar-refractivity contribution in [1.29, 1.82) is 0 Å². The first-order valence-corrected chi connectivity index (χ1v) is 8.64. The van der Waals surface area contributed by atoms with Crippen molar-refractivity contribution >= 4 is 17.1 Å². The lowest BCUT2D eigenvalue weighted by molar-refractivity contribution is -0.135. The lowest BCUT2D eigenvalue weighted by Crippen LogP contribution is -2.07. The molecule has 0 saturated carbocycles. The van der Waals surface area contributed by atoms with Gasteiger partial charge in [0.25, 0.3) is 0 Å². The van der Waals surface area contributed by atoms with Crippen LogP contribution >= 0.6 is 0 Å². The minimum Gasteiger partial charge on any atom is -0.466 e. The third kappa shape index (κ3) is 5.15. The maximum atomic E-state index is 13.5. The van der Waals surface area contributed by atoms with Gasteiger partial charge in [0.15, 0.2) is 0 Å². The molecule has 5 heteroatoms. The van der Waals surface area contributed by atoms with E-state index >= 15 is 0 Å². The molecular formula is C23H22FNO3. The molecule has 0 aliphatic carbocycles. The molecule has 28 heavy (non-hydrogen) atoms. The normalized spacial score (nSPS) is 12.3. The Morgan fingerprint density at radius 1 is 1.00 bits per heavy atom. The lowest BCUT2D eigenvalue weighted by Gasteiger charge is -2.18. The number of pyridine rings is 1. The van der Waals surface area contributed by atoms with Crippen molar-refractivity contribution in [3.63, 3.8) is 0 Å². The minimum absolute atomic E-state index is 0.276. The fourth-order valence-electron chi connectivity index (χ4n) is 2.79. The summed E-state index contributed by atoms with van der Waals surface area (Å²) in [5, 5.41) is 0. The van der Waals surface area contributed by atoms with Crippen LogP contribution in [0.2, 0.25) is 0 Å². The molecule has 0 bridgehead atoms. The molecule has 1 heterocycles. The highest BCUT2D eigenvalue weighted by Crippen LogP contribution is 2.36. The van der Waals surface area contributed by atoms with Gasteiger partial charge in [-0.15, -0.1) is 0 Å². The SMILES string of the molecule is COCC#C/C(C)=C(/C(=C(\C)C(=O)OC)c1ccncc1)c1ccc(F)cc1. The highest BCUT2D eigenvalue weighted by molar-refractivity contribution is 6.14. The van der Waals surface area contributed by atoms with E-state index in [1.807, 2.05) is 6.92 Å². The number of carbonyl (C=O) groups excluding carboxylic acids is 1. The van der Waals surface area contributed by atoms with E-state index in [9.17, 15) is 9.18 Å². The standard InChI is InChI=1S/C23H22FNO3/c1-16(6-5-15-27-3)21(18-7-9-20(24)10-8-18)22(17(2)23(26)28-4)19-11-13-25-14-12-19/h7-14H,15H2,1-4H3/b21-16+,22-17+. The summed E-state index contributed by atoms with van der Waals surface area (Å²) in [4.78, 5) is 16.4. The zero-order chi connectivity index (χ0) is 20.5. The van der Waals surface area contributed by atoms with E-state index in [0.717, 1.165) is 22.3 Å². The topological polar surface area (TPSA) is 48.4 Å². The molecule has 0 spiro atoms. The van der Waals surface area contributed by atoms with Gasteiger partial charge in [0, 0.05) is 41.8 Å². The van der Waals surface area contributed by atoms with Crippen LogP contribution in [0.3, 0.4) is 0 Å². The Hall–Kier alpha value is -3.23. The Morgan fingerprint density at radius 2 is 1.61 bits per heavy atom. The van der Waals surface area contributed by atoms with Crippen molar-refractivity contribution in [2.45, 2.75) is 13.8 Å². The van der Waals surface area contributed by atoms with Crippen LogP contribution in [0.1, 0.15) is 25.0 Å². The third-order valence-electron chi connectivity index (χ3n) is 4.09. The van der Waals surface area contributed by atoms with Crippen molar-refractivity contribution in [3.8, 4) is 11.8 Å². The lowest BCUT2D eigenvalue weighted by atomic mass is 9.86. The van der Waals surface area contributed by atoms with Crippen molar-refractivity contribution in [2.24, 2.45) is 0 Å². The van der Waals surface area contributed by atoms with Gasteiger partial charge >= 0.3 is 5.97 Å². The van der Waals surface area contributed by atoms with Crippen LogP contribution in [0.15, 0.2) is 59.9 Å². The van der Waals surface area contributed by atoms with Gasteiger partial charge in [-0.2, -0.15) is 0 Å². The largest absolute Gasteiger partial charge is 0.466 e. The first kappa shape index (κ1) is 21.1. The second kappa shape index (κ2) is 10.2.